The number of hydrogen-bond donors (Lipinski definition) is 2. The van der Waals surface area contributed by atoms with Crippen LogP contribution < -0.4 is 5.73 Å². The molecule has 1 aliphatic rings. The Morgan fingerprint density at radius 3 is 2.89 bits per heavy atom. The third-order valence-corrected chi connectivity index (χ3v) is 4.14. The third-order valence-electron chi connectivity index (χ3n) is 4.14. The number of nitrogens with one attached hydrogen (secondary N) is 1. The minimum atomic E-state index is -0.175. The molecule has 2 atom stereocenters. The van der Waals surface area contributed by atoms with Gasteiger partial charge in [-0.3, -0.25) is 0 Å². The second-order valence-electron chi connectivity index (χ2n) is 5.34. The summed E-state index contributed by atoms with van der Waals surface area (Å²) in [5.74, 6) is 0.189. The lowest BCUT2D eigenvalue weighted by Gasteiger charge is -2.20. The van der Waals surface area contributed by atoms with Crippen molar-refractivity contribution in [2.75, 3.05) is 0 Å². The second kappa shape index (κ2) is 4.73. The van der Waals surface area contributed by atoms with Crippen molar-refractivity contribution in [1.29, 1.82) is 0 Å². The molecule has 18 heavy (non-hydrogen) atoms. The highest BCUT2D eigenvalue weighted by Crippen LogP contribution is 2.35. The van der Waals surface area contributed by atoms with Gasteiger partial charge in [0.05, 0.1) is 0 Å². The predicted molar refractivity (Wildman–Crippen MR) is 72.1 cm³/mol. The highest BCUT2D eigenvalue weighted by Gasteiger charge is 2.24. The van der Waals surface area contributed by atoms with E-state index in [1.807, 2.05) is 6.20 Å². The summed E-state index contributed by atoms with van der Waals surface area (Å²) in [6.45, 7) is 0. The lowest BCUT2D eigenvalue weighted by Crippen LogP contribution is -2.27. The summed E-state index contributed by atoms with van der Waals surface area (Å²) in [4.78, 5) is 3.23. The molecular weight excluding hydrogens is 227 g/mol. The molecule has 3 rings (SSSR count). The highest BCUT2D eigenvalue weighted by molar-refractivity contribution is 5.83. The zero-order valence-corrected chi connectivity index (χ0v) is 10.5. The van der Waals surface area contributed by atoms with Crippen LogP contribution in [0.4, 0.5) is 4.39 Å². The normalized spacial score (nSPS) is 25.2. The second-order valence-corrected chi connectivity index (χ2v) is 5.34. The van der Waals surface area contributed by atoms with Crippen molar-refractivity contribution in [3.05, 3.63) is 35.8 Å². The molecule has 1 aliphatic carbocycles. The molecule has 1 aromatic carbocycles. The van der Waals surface area contributed by atoms with Crippen molar-refractivity contribution >= 4 is 10.9 Å². The SMILES string of the molecule is NC1CCCCCC1c1c[nH]c2ccc(F)cc12. The van der Waals surface area contributed by atoms with Gasteiger partial charge < -0.3 is 10.7 Å². The van der Waals surface area contributed by atoms with E-state index in [0.717, 1.165) is 23.7 Å². The first-order valence-electron chi connectivity index (χ1n) is 6.78. The zero-order valence-electron chi connectivity index (χ0n) is 10.5. The average Bonchev–Trinajstić information content (AvgIpc) is 2.64. The molecule has 0 bridgehead atoms. The van der Waals surface area contributed by atoms with E-state index in [1.54, 1.807) is 12.1 Å². The van der Waals surface area contributed by atoms with Crippen molar-refractivity contribution in [3.63, 3.8) is 0 Å². The quantitative estimate of drug-likeness (QED) is 0.740. The number of nitrogens with two attached hydrogens (primary N) is 1. The Balaban J connectivity index is 2.04. The lowest BCUT2D eigenvalue weighted by molar-refractivity contribution is 0.507. The van der Waals surface area contributed by atoms with Crippen LogP contribution in [-0.2, 0) is 0 Å². The number of rotatable bonds is 1. The third kappa shape index (κ3) is 2.03. The van der Waals surface area contributed by atoms with E-state index in [4.69, 9.17) is 5.73 Å². The summed E-state index contributed by atoms with van der Waals surface area (Å²) in [5.41, 5.74) is 8.49. The van der Waals surface area contributed by atoms with Crippen LogP contribution in [0.3, 0.4) is 0 Å². The molecule has 0 saturated heterocycles. The van der Waals surface area contributed by atoms with Crippen LogP contribution in [0.15, 0.2) is 24.4 Å². The van der Waals surface area contributed by atoms with Crippen molar-refractivity contribution in [3.8, 4) is 0 Å². The molecule has 1 fully saturated rings. The molecule has 2 nitrogen and oxygen atoms in total. The van der Waals surface area contributed by atoms with Gasteiger partial charge in [-0.25, -0.2) is 4.39 Å². The van der Waals surface area contributed by atoms with Gasteiger partial charge in [-0.05, 0) is 36.6 Å². The first kappa shape index (κ1) is 11.7. The fourth-order valence-electron chi connectivity index (χ4n) is 3.14. The molecule has 0 radical (unpaired) electrons. The molecule has 0 spiro atoms. The Bertz CT molecular complexity index is 546. The van der Waals surface area contributed by atoms with Gasteiger partial charge in [0.15, 0.2) is 0 Å². The van der Waals surface area contributed by atoms with Gasteiger partial charge in [0.1, 0.15) is 5.82 Å². The maximum atomic E-state index is 13.4. The maximum absolute atomic E-state index is 13.4. The smallest absolute Gasteiger partial charge is 0.123 e. The van der Waals surface area contributed by atoms with Crippen LogP contribution in [0.25, 0.3) is 10.9 Å². The summed E-state index contributed by atoms with van der Waals surface area (Å²) in [5, 5.41) is 0.998. The van der Waals surface area contributed by atoms with E-state index in [2.05, 4.69) is 4.98 Å². The van der Waals surface area contributed by atoms with Crippen LogP contribution >= 0.6 is 0 Å². The van der Waals surface area contributed by atoms with Crippen LogP contribution in [-0.4, -0.2) is 11.0 Å². The van der Waals surface area contributed by atoms with Crippen molar-refractivity contribution in [2.45, 2.75) is 44.1 Å². The fraction of sp³-hybridized carbons (Fsp3) is 0.467. The lowest BCUT2D eigenvalue weighted by atomic mass is 9.88. The number of aromatic amines is 1. The number of benzene rings is 1. The van der Waals surface area contributed by atoms with Gasteiger partial charge in [-0.2, -0.15) is 0 Å². The molecule has 2 aromatic rings. The number of aromatic nitrogens is 1. The molecule has 1 saturated carbocycles. The van der Waals surface area contributed by atoms with Crippen LogP contribution in [0.5, 0.6) is 0 Å². The molecule has 1 heterocycles. The Morgan fingerprint density at radius 2 is 2.00 bits per heavy atom. The van der Waals surface area contributed by atoms with Crippen LogP contribution in [0.2, 0.25) is 0 Å². The van der Waals surface area contributed by atoms with Gasteiger partial charge in [-0.1, -0.05) is 19.3 Å². The maximum Gasteiger partial charge on any atom is 0.123 e. The first-order chi connectivity index (χ1) is 8.75. The summed E-state index contributed by atoms with van der Waals surface area (Å²) in [6, 6.07) is 5.12. The van der Waals surface area contributed by atoms with E-state index in [1.165, 1.54) is 30.9 Å². The van der Waals surface area contributed by atoms with E-state index in [-0.39, 0.29) is 11.9 Å². The number of halogens is 1. The fourth-order valence-corrected chi connectivity index (χ4v) is 3.14. The molecule has 3 N–H and O–H groups in total. The van der Waals surface area contributed by atoms with Crippen molar-refractivity contribution in [1.82, 2.24) is 4.98 Å². The summed E-state index contributed by atoms with van der Waals surface area (Å²) < 4.78 is 13.4. The van der Waals surface area contributed by atoms with Gasteiger partial charge in [0.25, 0.3) is 0 Å². The topological polar surface area (TPSA) is 41.8 Å². The first-order valence-corrected chi connectivity index (χ1v) is 6.78. The largest absolute Gasteiger partial charge is 0.361 e. The number of H-pyrrole nitrogens is 1. The number of fused-ring (bicyclic) bond motifs is 1. The van der Waals surface area contributed by atoms with E-state index < -0.39 is 0 Å². The summed E-state index contributed by atoms with van der Waals surface area (Å²) in [6.07, 6.45) is 7.91. The van der Waals surface area contributed by atoms with E-state index in [9.17, 15) is 4.39 Å². The molecule has 1 aromatic heterocycles. The minimum absolute atomic E-state index is 0.175. The van der Waals surface area contributed by atoms with Gasteiger partial charge in [-0.15, -0.1) is 0 Å². The Hall–Kier alpha value is -1.35. The molecule has 3 heteroatoms. The van der Waals surface area contributed by atoms with Gasteiger partial charge in [0.2, 0.25) is 0 Å². The van der Waals surface area contributed by atoms with Gasteiger partial charge in [0, 0.05) is 29.1 Å². The predicted octanol–water partition coefficient (Wildman–Crippen LogP) is 3.68. The summed E-state index contributed by atoms with van der Waals surface area (Å²) in [7, 11) is 0. The standard InChI is InChI=1S/C15H19FN2/c16-10-6-7-15-12(8-10)13(9-18-15)11-4-2-1-3-5-14(11)17/h6-9,11,14,18H,1-5,17H2. The van der Waals surface area contributed by atoms with Crippen LogP contribution in [0, 0.1) is 5.82 Å². The average molecular weight is 246 g/mol. The van der Waals surface area contributed by atoms with Gasteiger partial charge >= 0.3 is 0 Å². The summed E-state index contributed by atoms with van der Waals surface area (Å²) >= 11 is 0. The zero-order chi connectivity index (χ0) is 12.5. The minimum Gasteiger partial charge on any atom is -0.361 e. The molecule has 2 unspecified atom stereocenters. The van der Waals surface area contributed by atoms with Crippen LogP contribution in [0.1, 0.15) is 43.6 Å². The Kier molecular flexibility index (Phi) is 3.08. The Labute approximate surface area is 106 Å². The molecular formula is C15H19FN2. The monoisotopic (exact) mass is 246 g/mol. The highest BCUT2D eigenvalue weighted by atomic mass is 19.1. The molecule has 0 aliphatic heterocycles. The van der Waals surface area contributed by atoms with E-state index >= 15 is 0 Å². The molecule has 96 valence electrons. The Morgan fingerprint density at radius 1 is 1.17 bits per heavy atom. The van der Waals surface area contributed by atoms with Crippen molar-refractivity contribution < 1.29 is 4.39 Å². The molecule has 0 amide bonds. The number of hydrogen-bond acceptors (Lipinski definition) is 1. The van der Waals surface area contributed by atoms with E-state index in [0.29, 0.717) is 5.92 Å². The van der Waals surface area contributed by atoms with Crippen molar-refractivity contribution in [2.24, 2.45) is 5.73 Å².